The lowest BCUT2D eigenvalue weighted by Crippen LogP contribution is -2.53. The van der Waals surface area contributed by atoms with Crippen molar-refractivity contribution < 1.29 is 37.3 Å². The molecule has 0 atom stereocenters. The fourth-order valence-corrected chi connectivity index (χ4v) is 5.85. The van der Waals surface area contributed by atoms with Gasteiger partial charge in [-0.05, 0) is 49.2 Å². The molecular weight excluding hydrogens is 493 g/mol. The number of piperazine rings is 1. The zero-order chi connectivity index (χ0) is 26.3. The van der Waals surface area contributed by atoms with E-state index < -0.39 is 22.0 Å². The predicted molar refractivity (Wildman–Crippen MR) is 130 cm³/mol. The Morgan fingerprint density at radius 2 is 1.44 bits per heavy atom. The number of halogens is 1. The van der Waals surface area contributed by atoms with Crippen LogP contribution in [0.25, 0.3) is 0 Å². The van der Waals surface area contributed by atoms with Gasteiger partial charge in [0.15, 0.2) is 0 Å². The molecule has 2 fully saturated rings. The van der Waals surface area contributed by atoms with Crippen LogP contribution in [-0.2, 0) is 19.6 Å². The first-order chi connectivity index (χ1) is 17.1. The highest BCUT2D eigenvalue weighted by atomic mass is 32.2. The van der Waals surface area contributed by atoms with Crippen molar-refractivity contribution >= 4 is 27.6 Å². The zero-order valence-electron chi connectivity index (χ0n) is 19.9. The standard InChI is InChI=1S/C22H28FN3O3S.C2H2O4/c1-29-19-6-8-20(9-7-19)30(27,28)26-12-10-18(11-13-26)24-14-16-25(17-15-24)22-5-3-2-4-21(22)23;3-1(4)2(5)6/h2-9,18H,10-17H2,1H3;(H,3,4)(H,5,6). The monoisotopic (exact) mass is 523 g/mol. The second kappa shape index (κ2) is 12.2. The van der Waals surface area contributed by atoms with Crippen LogP contribution in [0.3, 0.4) is 0 Å². The molecule has 4 rings (SSSR count). The van der Waals surface area contributed by atoms with E-state index in [1.807, 2.05) is 12.1 Å². The molecule has 2 aromatic rings. The SMILES string of the molecule is COc1ccc(S(=O)(=O)N2CCC(N3CCN(c4ccccc4F)CC3)CC2)cc1.O=C(O)C(=O)O. The van der Waals surface area contributed by atoms with E-state index in [0.717, 1.165) is 39.0 Å². The van der Waals surface area contributed by atoms with Crippen LogP contribution >= 0.6 is 0 Å². The summed E-state index contributed by atoms with van der Waals surface area (Å²) < 4.78 is 46.6. The van der Waals surface area contributed by atoms with Crippen molar-refractivity contribution in [2.24, 2.45) is 0 Å². The van der Waals surface area contributed by atoms with Gasteiger partial charge in [-0.25, -0.2) is 22.4 Å². The van der Waals surface area contributed by atoms with Crippen LogP contribution in [0.5, 0.6) is 5.75 Å². The number of anilines is 1. The largest absolute Gasteiger partial charge is 0.497 e. The molecule has 0 aliphatic carbocycles. The Morgan fingerprint density at radius 3 is 1.94 bits per heavy atom. The number of carbonyl (C=O) groups is 2. The number of benzene rings is 2. The third-order valence-electron chi connectivity index (χ3n) is 6.33. The molecule has 0 amide bonds. The van der Waals surface area contributed by atoms with E-state index in [4.69, 9.17) is 24.5 Å². The van der Waals surface area contributed by atoms with Gasteiger partial charge in [-0.2, -0.15) is 4.31 Å². The van der Waals surface area contributed by atoms with Gasteiger partial charge < -0.3 is 19.8 Å². The molecule has 10 nitrogen and oxygen atoms in total. The maximum Gasteiger partial charge on any atom is 0.414 e. The first-order valence-electron chi connectivity index (χ1n) is 11.5. The lowest BCUT2D eigenvalue weighted by atomic mass is 10.0. The summed E-state index contributed by atoms with van der Waals surface area (Å²) in [6, 6.07) is 13.8. The maximum absolute atomic E-state index is 14.0. The summed E-state index contributed by atoms with van der Waals surface area (Å²) in [5, 5.41) is 14.8. The molecule has 0 aromatic heterocycles. The Labute approximate surface area is 209 Å². The third-order valence-corrected chi connectivity index (χ3v) is 8.24. The number of sulfonamides is 1. The van der Waals surface area contributed by atoms with Crippen molar-refractivity contribution in [3.8, 4) is 5.75 Å². The number of aliphatic carboxylic acids is 2. The molecule has 196 valence electrons. The van der Waals surface area contributed by atoms with E-state index in [9.17, 15) is 12.8 Å². The molecule has 0 spiro atoms. The highest BCUT2D eigenvalue weighted by molar-refractivity contribution is 7.89. The molecule has 36 heavy (non-hydrogen) atoms. The number of para-hydroxylation sites is 1. The molecule has 2 heterocycles. The lowest BCUT2D eigenvalue weighted by molar-refractivity contribution is -0.159. The fourth-order valence-electron chi connectivity index (χ4n) is 4.38. The van der Waals surface area contributed by atoms with E-state index in [1.54, 1.807) is 41.7 Å². The van der Waals surface area contributed by atoms with E-state index in [1.165, 1.54) is 6.07 Å². The predicted octanol–water partition coefficient (Wildman–Crippen LogP) is 1.97. The number of carboxylic acid groups (broad SMARTS) is 2. The van der Waals surface area contributed by atoms with Crippen LogP contribution in [0.15, 0.2) is 53.4 Å². The first kappa shape index (κ1) is 27.4. The molecule has 0 unspecified atom stereocenters. The van der Waals surface area contributed by atoms with Gasteiger partial charge in [0, 0.05) is 45.3 Å². The number of hydrogen-bond donors (Lipinski definition) is 2. The smallest absolute Gasteiger partial charge is 0.414 e. The summed E-state index contributed by atoms with van der Waals surface area (Å²) in [5.74, 6) is -3.19. The van der Waals surface area contributed by atoms with Gasteiger partial charge in [0.25, 0.3) is 0 Å². The number of piperidine rings is 1. The van der Waals surface area contributed by atoms with Crippen LogP contribution in [0.2, 0.25) is 0 Å². The van der Waals surface area contributed by atoms with Gasteiger partial charge in [0.1, 0.15) is 11.6 Å². The van der Waals surface area contributed by atoms with Crippen LogP contribution in [0.4, 0.5) is 10.1 Å². The summed E-state index contributed by atoms with van der Waals surface area (Å²) in [4.78, 5) is 23.0. The maximum atomic E-state index is 14.0. The Bertz CT molecular complexity index is 1130. The van der Waals surface area contributed by atoms with Crippen LogP contribution < -0.4 is 9.64 Å². The number of methoxy groups -OCH3 is 1. The molecule has 12 heteroatoms. The Balaban J connectivity index is 0.000000538. The van der Waals surface area contributed by atoms with E-state index in [0.29, 0.717) is 35.5 Å². The van der Waals surface area contributed by atoms with Crippen molar-refractivity contribution in [3.05, 3.63) is 54.3 Å². The normalized spacial score (nSPS) is 17.7. The van der Waals surface area contributed by atoms with E-state index in [2.05, 4.69) is 9.80 Å². The van der Waals surface area contributed by atoms with Crippen molar-refractivity contribution in [3.63, 3.8) is 0 Å². The van der Waals surface area contributed by atoms with Crippen LogP contribution in [0, 0.1) is 5.82 Å². The molecule has 0 radical (unpaired) electrons. The Hall–Kier alpha value is -3.22. The van der Waals surface area contributed by atoms with Crippen LogP contribution in [-0.4, -0.2) is 92.2 Å². The zero-order valence-corrected chi connectivity index (χ0v) is 20.7. The second-order valence-corrected chi connectivity index (χ2v) is 10.3. The summed E-state index contributed by atoms with van der Waals surface area (Å²) in [6.45, 7) is 4.34. The van der Waals surface area contributed by atoms with E-state index in [-0.39, 0.29) is 5.82 Å². The van der Waals surface area contributed by atoms with Gasteiger partial charge >= 0.3 is 11.9 Å². The summed E-state index contributed by atoms with van der Waals surface area (Å²) in [7, 11) is -1.92. The first-order valence-corrected chi connectivity index (χ1v) is 12.9. The molecule has 0 bridgehead atoms. The van der Waals surface area contributed by atoms with Gasteiger partial charge in [0.2, 0.25) is 10.0 Å². The molecule has 2 N–H and O–H groups in total. The van der Waals surface area contributed by atoms with Crippen LogP contribution in [0.1, 0.15) is 12.8 Å². The molecule has 2 aliphatic heterocycles. The Morgan fingerprint density at radius 1 is 0.889 bits per heavy atom. The minimum absolute atomic E-state index is 0.178. The highest BCUT2D eigenvalue weighted by Gasteiger charge is 2.33. The molecule has 2 saturated heterocycles. The second-order valence-electron chi connectivity index (χ2n) is 8.40. The van der Waals surface area contributed by atoms with Crippen molar-refractivity contribution in [1.29, 1.82) is 0 Å². The minimum Gasteiger partial charge on any atom is -0.497 e. The van der Waals surface area contributed by atoms with E-state index >= 15 is 0 Å². The number of ether oxygens (including phenoxy) is 1. The number of rotatable bonds is 5. The quantitative estimate of drug-likeness (QED) is 0.566. The average Bonchev–Trinajstić information content (AvgIpc) is 2.89. The van der Waals surface area contributed by atoms with Gasteiger partial charge in [0.05, 0.1) is 17.7 Å². The van der Waals surface area contributed by atoms with Crippen molar-refractivity contribution in [2.75, 3.05) is 51.3 Å². The van der Waals surface area contributed by atoms with Gasteiger partial charge in [-0.1, -0.05) is 12.1 Å². The molecule has 2 aromatic carbocycles. The molecular formula is C24H30FN3O7S. The third kappa shape index (κ3) is 6.71. The number of nitrogens with zero attached hydrogens (tertiary/aromatic N) is 3. The summed E-state index contributed by atoms with van der Waals surface area (Å²) >= 11 is 0. The minimum atomic E-state index is -3.48. The summed E-state index contributed by atoms with van der Waals surface area (Å²) in [6.07, 6.45) is 1.63. The summed E-state index contributed by atoms with van der Waals surface area (Å²) in [5.41, 5.74) is 0.664. The number of hydrogen-bond acceptors (Lipinski definition) is 7. The van der Waals surface area contributed by atoms with Gasteiger partial charge in [-0.3, -0.25) is 4.90 Å². The van der Waals surface area contributed by atoms with Crippen molar-refractivity contribution in [1.82, 2.24) is 9.21 Å². The lowest BCUT2D eigenvalue weighted by Gasteiger charge is -2.43. The Kier molecular flexibility index (Phi) is 9.24. The fraction of sp³-hybridized carbons (Fsp3) is 0.417. The molecule has 2 aliphatic rings. The van der Waals surface area contributed by atoms with Gasteiger partial charge in [-0.15, -0.1) is 0 Å². The highest BCUT2D eigenvalue weighted by Crippen LogP contribution is 2.26. The topological polar surface area (TPSA) is 128 Å². The number of carboxylic acids is 2. The average molecular weight is 524 g/mol. The van der Waals surface area contributed by atoms with Crippen molar-refractivity contribution in [2.45, 2.75) is 23.8 Å². The molecule has 0 saturated carbocycles.